The largest absolute Gasteiger partial charge is 0.494 e. The molecule has 5 heteroatoms. The molecule has 1 aliphatic heterocycles. The summed E-state index contributed by atoms with van der Waals surface area (Å²) < 4.78 is 18.8. The summed E-state index contributed by atoms with van der Waals surface area (Å²) in [4.78, 5) is 4.30. The average molecular weight is 287 g/mol. The summed E-state index contributed by atoms with van der Waals surface area (Å²) in [5, 5.41) is 0. The van der Waals surface area contributed by atoms with Crippen LogP contribution in [0, 0.1) is 5.82 Å². The van der Waals surface area contributed by atoms with E-state index in [-0.39, 0.29) is 5.75 Å². The highest BCUT2D eigenvalue weighted by Gasteiger charge is 2.23. The van der Waals surface area contributed by atoms with Crippen LogP contribution in [0.4, 0.5) is 27.1 Å². The number of rotatable bonds is 2. The van der Waals surface area contributed by atoms with E-state index < -0.39 is 5.82 Å². The van der Waals surface area contributed by atoms with Crippen molar-refractivity contribution in [2.75, 3.05) is 42.8 Å². The Balaban J connectivity index is 2.12. The van der Waals surface area contributed by atoms with Gasteiger partial charge in [-0.3, -0.25) is 0 Å². The molecular weight excluding hydrogens is 269 g/mol. The number of para-hydroxylation sites is 2. The molecule has 0 bridgehead atoms. The third-order valence-corrected chi connectivity index (χ3v) is 3.83. The maximum absolute atomic E-state index is 13.7. The molecule has 2 aromatic carbocycles. The highest BCUT2D eigenvalue weighted by Crippen LogP contribution is 2.41. The van der Waals surface area contributed by atoms with E-state index in [2.05, 4.69) is 22.9 Å². The predicted octanol–water partition coefficient (Wildman–Crippen LogP) is 3.00. The lowest BCUT2D eigenvalue weighted by Crippen LogP contribution is -2.36. The molecule has 0 aromatic heterocycles. The van der Waals surface area contributed by atoms with E-state index in [4.69, 9.17) is 10.5 Å². The Labute approximate surface area is 123 Å². The maximum atomic E-state index is 13.7. The summed E-state index contributed by atoms with van der Waals surface area (Å²) in [6.07, 6.45) is 0. The Morgan fingerprint density at radius 3 is 2.52 bits per heavy atom. The Hall–Kier alpha value is -2.43. The van der Waals surface area contributed by atoms with E-state index in [0.717, 1.165) is 30.2 Å². The second-order valence-electron chi connectivity index (χ2n) is 5.11. The molecule has 1 heterocycles. The Morgan fingerprint density at radius 2 is 1.81 bits per heavy atom. The van der Waals surface area contributed by atoms with Gasteiger partial charge in [0.1, 0.15) is 0 Å². The van der Waals surface area contributed by atoms with Gasteiger partial charge in [-0.1, -0.05) is 12.1 Å². The van der Waals surface area contributed by atoms with Crippen LogP contribution in [0.1, 0.15) is 0 Å². The van der Waals surface area contributed by atoms with Gasteiger partial charge in [0.05, 0.1) is 29.9 Å². The number of nitrogens with zero attached hydrogens (tertiary/aromatic N) is 2. The van der Waals surface area contributed by atoms with E-state index in [1.807, 2.05) is 18.2 Å². The number of methoxy groups -OCH3 is 1. The lowest BCUT2D eigenvalue weighted by atomic mass is 10.1. The molecule has 0 amide bonds. The van der Waals surface area contributed by atoms with Gasteiger partial charge in [-0.25, -0.2) is 4.39 Å². The van der Waals surface area contributed by atoms with Crippen molar-refractivity contribution in [2.24, 2.45) is 0 Å². The van der Waals surface area contributed by atoms with Crippen molar-refractivity contribution < 1.29 is 9.13 Å². The Kier molecular flexibility index (Phi) is 3.33. The number of nitrogens with two attached hydrogens (primary N) is 1. The average Bonchev–Trinajstić information content (AvgIpc) is 2.49. The number of fused-ring (bicyclic) bond motifs is 1. The van der Waals surface area contributed by atoms with Crippen LogP contribution < -0.4 is 20.3 Å². The number of benzene rings is 2. The van der Waals surface area contributed by atoms with Crippen LogP contribution in [0.5, 0.6) is 5.75 Å². The first-order valence-corrected chi connectivity index (χ1v) is 6.82. The van der Waals surface area contributed by atoms with Crippen molar-refractivity contribution in [3.8, 4) is 5.75 Å². The zero-order valence-electron chi connectivity index (χ0n) is 12.1. The molecule has 0 saturated carbocycles. The summed E-state index contributed by atoms with van der Waals surface area (Å²) in [7, 11) is 3.51. The van der Waals surface area contributed by atoms with Gasteiger partial charge in [-0.2, -0.15) is 0 Å². The van der Waals surface area contributed by atoms with E-state index in [1.54, 1.807) is 6.07 Å². The van der Waals surface area contributed by atoms with Crippen LogP contribution in [-0.2, 0) is 0 Å². The van der Waals surface area contributed by atoms with Gasteiger partial charge in [0, 0.05) is 32.3 Å². The standard InChI is InChI=1S/C16H18FN3O/c1-19-7-8-20(14-6-4-3-5-13(14)19)15-10-16(21-2)11(17)9-12(15)18/h3-6,9-10H,7-8,18H2,1-2H3. The molecule has 0 radical (unpaired) electrons. The van der Waals surface area contributed by atoms with E-state index in [1.165, 1.54) is 13.2 Å². The number of likely N-dealkylation sites (N-methyl/N-ethyl adjacent to an activating group) is 1. The summed E-state index contributed by atoms with van der Waals surface area (Å²) in [5.74, 6) is -0.239. The highest BCUT2D eigenvalue weighted by molar-refractivity contribution is 5.84. The number of halogens is 1. The summed E-state index contributed by atoms with van der Waals surface area (Å²) >= 11 is 0. The fourth-order valence-corrected chi connectivity index (χ4v) is 2.70. The van der Waals surface area contributed by atoms with Gasteiger partial charge in [-0.05, 0) is 12.1 Å². The number of hydrogen-bond acceptors (Lipinski definition) is 4. The minimum atomic E-state index is -0.443. The molecule has 0 unspecified atom stereocenters. The molecule has 0 spiro atoms. The molecule has 4 nitrogen and oxygen atoms in total. The molecular formula is C16H18FN3O. The number of nitrogen functional groups attached to an aromatic ring is 1. The quantitative estimate of drug-likeness (QED) is 0.862. The first kappa shape index (κ1) is 13.5. The Bertz CT molecular complexity index is 675. The third kappa shape index (κ3) is 2.24. The zero-order chi connectivity index (χ0) is 15.0. The predicted molar refractivity (Wildman–Crippen MR) is 84.1 cm³/mol. The normalized spacial score (nSPS) is 14.0. The van der Waals surface area contributed by atoms with Crippen molar-refractivity contribution in [1.29, 1.82) is 0 Å². The van der Waals surface area contributed by atoms with Gasteiger partial charge >= 0.3 is 0 Å². The number of ether oxygens (including phenoxy) is 1. The SMILES string of the molecule is COc1cc(N2CCN(C)c3ccccc32)c(N)cc1F. The van der Waals surface area contributed by atoms with E-state index in [9.17, 15) is 4.39 Å². The van der Waals surface area contributed by atoms with Gasteiger partial charge < -0.3 is 20.3 Å². The van der Waals surface area contributed by atoms with Crippen LogP contribution >= 0.6 is 0 Å². The van der Waals surface area contributed by atoms with Crippen molar-refractivity contribution in [2.45, 2.75) is 0 Å². The van der Waals surface area contributed by atoms with Gasteiger partial charge in [0.2, 0.25) is 0 Å². The molecule has 1 aliphatic rings. The van der Waals surface area contributed by atoms with Crippen LogP contribution in [0.25, 0.3) is 0 Å². The lowest BCUT2D eigenvalue weighted by molar-refractivity contribution is 0.387. The molecule has 0 fully saturated rings. The smallest absolute Gasteiger partial charge is 0.167 e. The summed E-state index contributed by atoms with van der Waals surface area (Å²) in [5.41, 5.74) is 9.39. The van der Waals surface area contributed by atoms with Crippen molar-refractivity contribution >= 4 is 22.7 Å². The molecule has 2 aromatic rings. The second-order valence-corrected chi connectivity index (χ2v) is 5.11. The topological polar surface area (TPSA) is 41.7 Å². The van der Waals surface area contributed by atoms with Crippen molar-refractivity contribution in [3.63, 3.8) is 0 Å². The van der Waals surface area contributed by atoms with E-state index in [0.29, 0.717) is 5.69 Å². The molecule has 0 aliphatic carbocycles. The molecule has 3 rings (SSSR count). The van der Waals surface area contributed by atoms with Crippen LogP contribution in [0.15, 0.2) is 36.4 Å². The fourth-order valence-electron chi connectivity index (χ4n) is 2.70. The van der Waals surface area contributed by atoms with Crippen molar-refractivity contribution in [1.82, 2.24) is 0 Å². The minimum absolute atomic E-state index is 0.204. The fraction of sp³-hybridized carbons (Fsp3) is 0.250. The zero-order valence-corrected chi connectivity index (χ0v) is 12.1. The first-order valence-electron chi connectivity index (χ1n) is 6.82. The first-order chi connectivity index (χ1) is 10.1. The van der Waals surface area contributed by atoms with E-state index >= 15 is 0 Å². The molecule has 0 atom stereocenters. The molecule has 0 saturated heterocycles. The van der Waals surface area contributed by atoms with Gasteiger partial charge in [-0.15, -0.1) is 0 Å². The van der Waals surface area contributed by atoms with Gasteiger partial charge in [0.15, 0.2) is 11.6 Å². The molecule has 110 valence electrons. The monoisotopic (exact) mass is 287 g/mol. The highest BCUT2D eigenvalue weighted by atomic mass is 19.1. The van der Waals surface area contributed by atoms with Crippen LogP contribution in [0.3, 0.4) is 0 Å². The number of anilines is 4. The van der Waals surface area contributed by atoms with Crippen LogP contribution in [0.2, 0.25) is 0 Å². The van der Waals surface area contributed by atoms with Crippen molar-refractivity contribution in [3.05, 3.63) is 42.2 Å². The summed E-state index contributed by atoms with van der Waals surface area (Å²) in [6, 6.07) is 11.1. The number of hydrogen-bond donors (Lipinski definition) is 1. The van der Waals surface area contributed by atoms with Crippen LogP contribution in [-0.4, -0.2) is 27.2 Å². The summed E-state index contributed by atoms with van der Waals surface area (Å²) in [6.45, 7) is 1.66. The molecule has 2 N–H and O–H groups in total. The Morgan fingerprint density at radius 1 is 1.10 bits per heavy atom. The lowest BCUT2D eigenvalue weighted by Gasteiger charge is -2.37. The maximum Gasteiger partial charge on any atom is 0.167 e. The molecule has 21 heavy (non-hydrogen) atoms. The van der Waals surface area contributed by atoms with Gasteiger partial charge in [0.25, 0.3) is 0 Å². The second kappa shape index (κ2) is 5.16. The minimum Gasteiger partial charge on any atom is -0.494 e. The third-order valence-electron chi connectivity index (χ3n) is 3.83.